The maximum Gasteiger partial charge on any atom is 0.316 e. The van der Waals surface area contributed by atoms with Crippen LogP contribution >= 0.6 is 0 Å². The van der Waals surface area contributed by atoms with E-state index in [-0.39, 0.29) is 18.5 Å². The predicted molar refractivity (Wildman–Crippen MR) is 107 cm³/mol. The van der Waals surface area contributed by atoms with Gasteiger partial charge in [0.25, 0.3) is 0 Å². The van der Waals surface area contributed by atoms with E-state index in [1.807, 2.05) is 31.2 Å². The van der Waals surface area contributed by atoms with Crippen LogP contribution in [0.4, 0.5) is 0 Å². The average Bonchev–Trinajstić information content (AvgIpc) is 3.21. The fourth-order valence-corrected chi connectivity index (χ4v) is 3.80. The van der Waals surface area contributed by atoms with Crippen LogP contribution in [0.3, 0.4) is 0 Å². The van der Waals surface area contributed by atoms with E-state index in [4.69, 9.17) is 9.26 Å². The topological polar surface area (TPSA) is 92.2 Å². The highest BCUT2D eigenvalue weighted by Crippen LogP contribution is 2.28. The second kappa shape index (κ2) is 8.46. The fraction of sp³-hybridized carbons (Fsp3) is 0.429. The Hall–Kier alpha value is -3.16. The van der Waals surface area contributed by atoms with Crippen LogP contribution in [0, 0.1) is 0 Å². The highest BCUT2D eigenvalue weighted by molar-refractivity contribution is 5.63. The van der Waals surface area contributed by atoms with Crippen LogP contribution in [0.2, 0.25) is 0 Å². The number of hydrogen-bond acceptors (Lipinski definition) is 6. The lowest BCUT2D eigenvalue weighted by molar-refractivity contribution is 0.338. The van der Waals surface area contributed by atoms with Crippen LogP contribution in [-0.2, 0) is 6.54 Å². The summed E-state index contributed by atoms with van der Waals surface area (Å²) in [5.41, 5.74) is -0.363. The second-order valence-corrected chi connectivity index (χ2v) is 7.18. The van der Waals surface area contributed by atoms with Crippen LogP contribution in [0.1, 0.15) is 51.0 Å². The first kappa shape index (κ1) is 19.2. The van der Waals surface area contributed by atoms with Crippen molar-refractivity contribution in [3.63, 3.8) is 0 Å². The van der Waals surface area contributed by atoms with E-state index in [0.29, 0.717) is 23.7 Å². The largest absolute Gasteiger partial charge is 0.493 e. The molecule has 0 aliphatic heterocycles. The molecule has 0 unspecified atom stereocenters. The molecule has 3 aromatic rings. The summed E-state index contributed by atoms with van der Waals surface area (Å²) in [6.07, 6.45) is 8.57. The Labute approximate surface area is 167 Å². The van der Waals surface area contributed by atoms with Gasteiger partial charge in [0.2, 0.25) is 11.7 Å². The number of aromatic nitrogens is 4. The molecule has 0 N–H and O–H groups in total. The summed E-state index contributed by atoms with van der Waals surface area (Å²) in [5.74, 6) is 1.30. The predicted octanol–water partition coefficient (Wildman–Crippen LogP) is 3.01. The zero-order valence-corrected chi connectivity index (χ0v) is 16.4. The highest BCUT2D eigenvalue weighted by Gasteiger charge is 2.19. The Bertz CT molecular complexity index is 1090. The smallest absolute Gasteiger partial charge is 0.316 e. The molecule has 1 fully saturated rings. The molecular formula is C21H24N4O4. The van der Waals surface area contributed by atoms with Gasteiger partial charge >= 0.3 is 11.1 Å². The van der Waals surface area contributed by atoms with Crippen molar-refractivity contribution in [1.29, 1.82) is 0 Å². The van der Waals surface area contributed by atoms with Crippen LogP contribution in [0.5, 0.6) is 5.75 Å². The van der Waals surface area contributed by atoms with E-state index >= 15 is 0 Å². The molecular weight excluding hydrogens is 372 g/mol. The number of rotatable bonds is 6. The number of nitrogens with zero attached hydrogens (tertiary/aromatic N) is 4. The van der Waals surface area contributed by atoms with Crippen molar-refractivity contribution in [2.75, 3.05) is 6.61 Å². The van der Waals surface area contributed by atoms with Crippen LogP contribution in [0.25, 0.3) is 11.4 Å². The summed E-state index contributed by atoms with van der Waals surface area (Å²) in [4.78, 5) is 29.5. The van der Waals surface area contributed by atoms with Gasteiger partial charge in [0, 0.05) is 18.4 Å². The quantitative estimate of drug-likeness (QED) is 0.595. The molecule has 0 amide bonds. The third-order valence-electron chi connectivity index (χ3n) is 5.26. The van der Waals surface area contributed by atoms with Gasteiger partial charge in [-0.05, 0) is 31.9 Å². The first-order chi connectivity index (χ1) is 14.2. The summed E-state index contributed by atoms with van der Waals surface area (Å²) < 4.78 is 13.8. The molecule has 8 nitrogen and oxygen atoms in total. The Morgan fingerprint density at radius 1 is 1.10 bits per heavy atom. The highest BCUT2D eigenvalue weighted by atomic mass is 16.5. The molecule has 2 heterocycles. The summed E-state index contributed by atoms with van der Waals surface area (Å²) in [5, 5.41) is 4.00. The van der Waals surface area contributed by atoms with Gasteiger partial charge in [0.1, 0.15) is 12.3 Å². The van der Waals surface area contributed by atoms with Gasteiger partial charge in [-0.2, -0.15) is 4.98 Å². The van der Waals surface area contributed by atoms with Gasteiger partial charge in [-0.3, -0.25) is 14.2 Å². The lowest BCUT2D eigenvalue weighted by Crippen LogP contribution is -2.42. The molecule has 0 radical (unpaired) electrons. The fourth-order valence-electron chi connectivity index (χ4n) is 3.80. The molecule has 1 aliphatic rings. The maximum atomic E-state index is 12.6. The molecule has 152 valence electrons. The number of benzene rings is 1. The van der Waals surface area contributed by atoms with E-state index in [1.165, 1.54) is 11.0 Å². The second-order valence-electron chi connectivity index (χ2n) is 7.18. The van der Waals surface area contributed by atoms with Gasteiger partial charge in [0.15, 0.2) is 0 Å². The van der Waals surface area contributed by atoms with Crippen molar-refractivity contribution in [3.8, 4) is 17.1 Å². The summed E-state index contributed by atoms with van der Waals surface area (Å²) in [6.45, 7) is 2.47. The standard InChI is InChI=1S/C21H24N4O4/c1-2-28-17-11-7-6-10-16(17)19-22-18(29-23-19)14-24-12-13-25(21(27)20(24)26)15-8-4-3-5-9-15/h6-7,10-13,15H,2-5,8-9,14H2,1H3. The first-order valence-corrected chi connectivity index (χ1v) is 10.0. The zero-order chi connectivity index (χ0) is 20.2. The van der Waals surface area contributed by atoms with Crippen molar-refractivity contribution in [1.82, 2.24) is 19.3 Å². The lowest BCUT2D eigenvalue weighted by atomic mass is 9.95. The molecule has 29 heavy (non-hydrogen) atoms. The molecule has 0 spiro atoms. The minimum Gasteiger partial charge on any atom is -0.493 e. The van der Waals surface area contributed by atoms with E-state index in [1.54, 1.807) is 17.0 Å². The number of para-hydroxylation sites is 1. The zero-order valence-electron chi connectivity index (χ0n) is 16.4. The summed E-state index contributed by atoms with van der Waals surface area (Å²) in [7, 11) is 0. The Morgan fingerprint density at radius 3 is 2.69 bits per heavy atom. The van der Waals surface area contributed by atoms with Gasteiger partial charge in [0.05, 0.1) is 12.2 Å². The molecule has 0 saturated heterocycles. The van der Waals surface area contributed by atoms with Gasteiger partial charge < -0.3 is 13.8 Å². The van der Waals surface area contributed by atoms with Crippen LogP contribution in [-0.4, -0.2) is 25.9 Å². The van der Waals surface area contributed by atoms with E-state index in [2.05, 4.69) is 10.1 Å². The van der Waals surface area contributed by atoms with E-state index in [9.17, 15) is 9.59 Å². The number of hydrogen-bond donors (Lipinski definition) is 0. The van der Waals surface area contributed by atoms with Crippen molar-refractivity contribution in [2.45, 2.75) is 51.6 Å². The molecule has 1 saturated carbocycles. The molecule has 1 aliphatic carbocycles. The Balaban J connectivity index is 1.57. The Morgan fingerprint density at radius 2 is 1.90 bits per heavy atom. The monoisotopic (exact) mass is 396 g/mol. The SMILES string of the molecule is CCOc1ccccc1-c1noc(Cn2ccn(C3CCCCC3)c(=O)c2=O)n1. The maximum absolute atomic E-state index is 12.6. The summed E-state index contributed by atoms with van der Waals surface area (Å²) >= 11 is 0. The summed E-state index contributed by atoms with van der Waals surface area (Å²) in [6, 6.07) is 7.53. The molecule has 0 bridgehead atoms. The van der Waals surface area contributed by atoms with Gasteiger partial charge in [-0.1, -0.05) is 36.6 Å². The minimum absolute atomic E-state index is 0.0450. The lowest BCUT2D eigenvalue weighted by Gasteiger charge is -2.23. The number of ether oxygens (including phenoxy) is 1. The Kier molecular flexibility index (Phi) is 5.59. The molecule has 0 atom stereocenters. The van der Waals surface area contributed by atoms with Gasteiger partial charge in [-0.15, -0.1) is 0 Å². The normalized spacial score (nSPS) is 14.8. The average molecular weight is 396 g/mol. The van der Waals surface area contributed by atoms with Crippen molar-refractivity contribution in [2.24, 2.45) is 0 Å². The minimum atomic E-state index is -0.576. The molecule has 8 heteroatoms. The molecule has 2 aromatic heterocycles. The van der Waals surface area contributed by atoms with Gasteiger partial charge in [-0.25, -0.2) is 0 Å². The van der Waals surface area contributed by atoms with Crippen molar-refractivity contribution in [3.05, 3.63) is 63.3 Å². The third kappa shape index (κ3) is 4.01. The van der Waals surface area contributed by atoms with Crippen LogP contribution < -0.4 is 15.9 Å². The van der Waals surface area contributed by atoms with Crippen molar-refractivity contribution < 1.29 is 9.26 Å². The molecule has 4 rings (SSSR count). The van der Waals surface area contributed by atoms with E-state index in [0.717, 1.165) is 25.7 Å². The van der Waals surface area contributed by atoms with E-state index < -0.39 is 11.1 Å². The third-order valence-corrected chi connectivity index (χ3v) is 5.26. The first-order valence-electron chi connectivity index (χ1n) is 10.0. The molecule has 1 aromatic carbocycles. The van der Waals surface area contributed by atoms with Crippen LogP contribution in [0.15, 0.2) is 50.8 Å². The van der Waals surface area contributed by atoms with Crippen molar-refractivity contribution >= 4 is 0 Å².